The lowest BCUT2D eigenvalue weighted by Crippen LogP contribution is -2.17. The molecule has 2 aromatic rings. The van der Waals surface area contributed by atoms with Crippen molar-refractivity contribution < 1.29 is 0 Å². The van der Waals surface area contributed by atoms with Gasteiger partial charge in [-0.05, 0) is 19.1 Å². The van der Waals surface area contributed by atoms with Crippen LogP contribution in [-0.4, -0.2) is 17.0 Å². The Labute approximate surface area is 111 Å². The van der Waals surface area contributed by atoms with Gasteiger partial charge < -0.3 is 10.3 Å². The number of nitrogens with zero attached hydrogens (tertiary/aromatic N) is 4. The second-order valence-electron chi connectivity index (χ2n) is 4.00. The van der Waals surface area contributed by atoms with Crippen molar-refractivity contribution in [3.63, 3.8) is 0 Å². The molecule has 0 unspecified atom stereocenters. The lowest BCUT2D eigenvalue weighted by molar-refractivity contribution is 1.04. The average molecular weight is 254 g/mol. The van der Waals surface area contributed by atoms with E-state index in [0.29, 0.717) is 17.2 Å². The number of benzene rings is 1. The first-order valence-electron chi connectivity index (χ1n) is 5.70. The molecule has 0 radical (unpaired) electrons. The third-order valence-corrected chi connectivity index (χ3v) is 2.90. The van der Waals surface area contributed by atoms with Crippen LogP contribution >= 0.6 is 0 Å². The molecule has 1 heterocycles. The number of nitrogens with one attached hydrogen (secondary N) is 1. The molecule has 96 valence electrons. The van der Waals surface area contributed by atoms with Crippen LogP contribution in [-0.2, 0) is 0 Å². The van der Waals surface area contributed by atoms with Crippen molar-refractivity contribution in [3.8, 4) is 6.07 Å². The van der Waals surface area contributed by atoms with Gasteiger partial charge in [0.2, 0.25) is 0 Å². The van der Waals surface area contributed by atoms with Crippen molar-refractivity contribution in [2.24, 2.45) is 5.84 Å². The first kappa shape index (κ1) is 12.8. The summed E-state index contributed by atoms with van der Waals surface area (Å²) in [6.45, 7) is 1.87. The van der Waals surface area contributed by atoms with Gasteiger partial charge in [0, 0.05) is 12.6 Å². The summed E-state index contributed by atoms with van der Waals surface area (Å²) >= 11 is 0. The van der Waals surface area contributed by atoms with Gasteiger partial charge in [0.15, 0.2) is 0 Å². The third kappa shape index (κ3) is 2.32. The molecule has 0 amide bonds. The number of nitriles is 1. The predicted molar refractivity (Wildman–Crippen MR) is 73.8 cm³/mol. The zero-order chi connectivity index (χ0) is 13.8. The quantitative estimate of drug-likeness (QED) is 0.640. The summed E-state index contributed by atoms with van der Waals surface area (Å²) < 4.78 is 0. The Hall–Kier alpha value is -2.65. The molecule has 6 nitrogen and oxygen atoms in total. The minimum atomic E-state index is 0.561. The first-order valence-corrected chi connectivity index (χ1v) is 5.70. The molecule has 1 aromatic heterocycles. The van der Waals surface area contributed by atoms with Crippen molar-refractivity contribution in [1.29, 1.82) is 5.26 Å². The lowest BCUT2D eigenvalue weighted by atomic mass is 10.1. The lowest BCUT2D eigenvalue weighted by Gasteiger charge is -2.21. The fourth-order valence-electron chi connectivity index (χ4n) is 1.90. The van der Waals surface area contributed by atoms with Gasteiger partial charge in [-0.1, -0.05) is 12.1 Å². The molecule has 0 bridgehead atoms. The highest BCUT2D eigenvalue weighted by Gasteiger charge is 2.14. The SMILES string of the molecule is Cc1c(NN)ncnc1N(C)c1ccccc1C#N. The summed E-state index contributed by atoms with van der Waals surface area (Å²) in [5.74, 6) is 6.66. The van der Waals surface area contributed by atoms with Crippen LogP contribution in [0.15, 0.2) is 30.6 Å². The number of nitrogens with two attached hydrogens (primary N) is 1. The van der Waals surface area contributed by atoms with E-state index in [1.807, 2.05) is 37.1 Å². The molecule has 0 aliphatic heterocycles. The summed E-state index contributed by atoms with van der Waals surface area (Å²) in [5.41, 5.74) is 4.72. The van der Waals surface area contributed by atoms with Crippen LogP contribution in [0.4, 0.5) is 17.3 Å². The minimum Gasteiger partial charge on any atom is -0.328 e. The van der Waals surface area contributed by atoms with Gasteiger partial charge >= 0.3 is 0 Å². The van der Waals surface area contributed by atoms with Gasteiger partial charge in [0.05, 0.1) is 11.3 Å². The number of para-hydroxylation sites is 1. The van der Waals surface area contributed by atoms with Crippen molar-refractivity contribution >= 4 is 17.3 Å². The molecule has 0 spiro atoms. The Morgan fingerprint density at radius 1 is 1.32 bits per heavy atom. The number of aromatic nitrogens is 2. The predicted octanol–water partition coefficient (Wildman–Crippen LogP) is 1.71. The molecule has 0 aliphatic rings. The monoisotopic (exact) mass is 254 g/mol. The summed E-state index contributed by atoms with van der Waals surface area (Å²) in [4.78, 5) is 10.1. The van der Waals surface area contributed by atoms with Crippen LogP contribution in [0.1, 0.15) is 11.1 Å². The molecule has 0 saturated heterocycles. The van der Waals surface area contributed by atoms with E-state index in [9.17, 15) is 0 Å². The van der Waals surface area contributed by atoms with Crippen LogP contribution < -0.4 is 16.2 Å². The maximum atomic E-state index is 9.14. The highest BCUT2D eigenvalue weighted by Crippen LogP contribution is 2.29. The summed E-state index contributed by atoms with van der Waals surface area (Å²) in [7, 11) is 1.85. The molecule has 0 atom stereocenters. The summed E-state index contributed by atoms with van der Waals surface area (Å²) in [5, 5.41) is 9.14. The molecule has 19 heavy (non-hydrogen) atoms. The van der Waals surface area contributed by atoms with Crippen LogP contribution in [0, 0.1) is 18.3 Å². The van der Waals surface area contributed by atoms with Gasteiger partial charge in [0.25, 0.3) is 0 Å². The second kappa shape index (κ2) is 5.33. The smallest absolute Gasteiger partial charge is 0.148 e. The number of hydrogen-bond acceptors (Lipinski definition) is 6. The average Bonchev–Trinajstić information content (AvgIpc) is 2.46. The Balaban J connectivity index is 2.51. The number of hydrogen-bond donors (Lipinski definition) is 2. The van der Waals surface area contributed by atoms with Gasteiger partial charge in [0.1, 0.15) is 24.0 Å². The summed E-state index contributed by atoms with van der Waals surface area (Å²) in [6.07, 6.45) is 1.43. The van der Waals surface area contributed by atoms with E-state index >= 15 is 0 Å². The van der Waals surface area contributed by atoms with E-state index in [2.05, 4.69) is 21.5 Å². The van der Waals surface area contributed by atoms with Gasteiger partial charge in [-0.3, -0.25) is 0 Å². The molecule has 0 aliphatic carbocycles. The van der Waals surface area contributed by atoms with Gasteiger partial charge in [-0.2, -0.15) is 5.26 Å². The number of nitrogen functional groups attached to an aromatic ring is 1. The van der Waals surface area contributed by atoms with E-state index < -0.39 is 0 Å². The number of hydrazine groups is 1. The van der Waals surface area contributed by atoms with Crippen LogP contribution in [0.3, 0.4) is 0 Å². The normalized spacial score (nSPS) is 9.79. The van der Waals surface area contributed by atoms with Crippen molar-refractivity contribution in [2.45, 2.75) is 6.92 Å². The zero-order valence-electron chi connectivity index (χ0n) is 10.8. The van der Waals surface area contributed by atoms with Crippen molar-refractivity contribution in [3.05, 3.63) is 41.7 Å². The van der Waals surface area contributed by atoms with Gasteiger partial charge in [-0.15, -0.1) is 0 Å². The van der Waals surface area contributed by atoms with Crippen molar-refractivity contribution in [2.75, 3.05) is 17.4 Å². The largest absolute Gasteiger partial charge is 0.328 e. The van der Waals surface area contributed by atoms with Crippen LogP contribution in [0.2, 0.25) is 0 Å². The number of anilines is 3. The molecule has 1 aromatic carbocycles. The van der Waals surface area contributed by atoms with Crippen LogP contribution in [0.5, 0.6) is 0 Å². The fourth-order valence-corrected chi connectivity index (χ4v) is 1.90. The molecular formula is C13H14N6. The topological polar surface area (TPSA) is 90.9 Å². The minimum absolute atomic E-state index is 0.561. The Morgan fingerprint density at radius 3 is 2.74 bits per heavy atom. The molecule has 0 fully saturated rings. The molecule has 0 saturated carbocycles. The first-order chi connectivity index (χ1) is 9.19. The molecular weight excluding hydrogens is 240 g/mol. The third-order valence-electron chi connectivity index (χ3n) is 2.90. The maximum Gasteiger partial charge on any atom is 0.148 e. The van der Waals surface area contributed by atoms with Crippen molar-refractivity contribution in [1.82, 2.24) is 9.97 Å². The standard InChI is InChI=1S/C13H14N6/c1-9-12(18-15)16-8-17-13(9)19(2)11-6-4-3-5-10(11)7-14/h3-6,8H,15H2,1-2H3,(H,16,17,18). The summed E-state index contributed by atoms with van der Waals surface area (Å²) in [6, 6.07) is 9.52. The van der Waals surface area contributed by atoms with Gasteiger partial charge in [-0.25, -0.2) is 15.8 Å². The highest BCUT2D eigenvalue weighted by molar-refractivity contribution is 5.70. The van der Waals surface area contributed by atoms with E-state index in [0.717, 1.165) is 11.3 Å². The van der Waals surface area contributed by atoms with E-state index in [-0.39, 0.29) is 0 Å². The number of rotatable bonds is 3. The zero-order valence-corrected chi connectivity index (χ0v) is 10.8. The van der Waals surface area contributed by atoms with E-state index in [1.165, 1.54) is 6.33 Å². The molecule has 2 rings (SSSR count). The Bertz CT molecular complexity index is 631. The second-order valence-corrected chi connectivity index (χ2v) is 4.00. The van der Waals surface area contributed by atoms with E-state index in [1.54, 1.807) is 6.07 Å². The fraction of sp³-hybridized carbons (Fsp3) is 0.154. The Morgan fingerprint density at radius 2 is 2.05 bits per heavy atom. The van der Waals surface area contributed by atoms with E-state index in [4.69, 9.17) is 11.1 Å². The highest BCUT2D eigenvalue weighted by atomic mass is 15.3. The molecule has 3 N–H and O–H groups in total. The van der Waals surface area contributed by atoms with Crippen LogP contribution in [0.25, 0.3) is 0 Å². The molecule has 6 heteroatoms. The maximum absolute atomic E-state index is 9.14. The Kier molecular flexibility index (Phi) is 3.59.